The summed E-state index contributed by atoms with van der Waals surface area (Å²) in [7, 11) is 1.52. The number of hydrogen-bond acceptors (Lipinski definition) is 3. The third-order valence-electron chi connectivity index (χ3n) is 3.16. The van der Waals surface area contributed by atoms with E-state index in [0.717, 1.165) is 18.2 Å². The highest BCUT2D eigenvalue weighted by atomic mass is 79.9. The number of rotatable bonds is 6. The second-order valence-corrected chi connectivity index (χ2v) is 5.64. The van der Waals surface area contributed by atoms with Crippen LogP contribution in [0.25, 0.3) is 6.08 Å². The Labute approximate surface area is 147 Å². The van der Waals surface area contributed by atoms with Crippen LogP contribution >= 0.6 is 15.9 Å². The largest absolute Gasteiger partial charge is 0.492 e. The fourth-order valence-corrected chi connectivity index (χ4v) is 2.71. The first-order valence-electron chi connectivity index (χ1n) is 7.14. The molecule has 126 valence electrons. The summed E-state index contributed by atoms with van der Waals surface area (Å²) in [6.07, 6.45) is 2.68. The number of carbonyl (C=O) groups excluding carboxylic acids is 1. The molecule has 0 fully saturated rings. The van der Waals surface area contributed by atoms with E-state index in [0.29, 0.717) is 28.1 Å². The third-order valence-corrected chi connectivity index (χ3v) is 3.75. The zero-order chi connectivity index (χ0) is 17.7. The lowest BCUT2D eigenvalue weighted by molar-refractivity contribution is 0.104. The lowest BCUT2D eigenvalue weighted by Gasteiger charge is -2.12. The Morgan fingerprint density at radius 2 is 2.00 bits per heavy atom. The number of allylic oxidation sites excluding steroid dienone is 1. The van der Waals surface area contributed by atoms with Gasteiger partial charge in [-0.1, -0.05) is 6.08 Å². The summed E-state index contributed by atoms with van der Waals surface area (Å²) in [6, 6.07) is 6.18. The van der Waals surface area contributed by atoms with Crippen LogP contribution < -0.4 is 9.47 Å². The van der Waals surface area contributed by atoms with Crippen LogP contribution in [0.5, 0.6) is 11.5 Å². The van der Waals surface area contributed by atoms with E-state index in [4.69, 9.17) is 9.47 Å². The van der Waals surface area contributed by atoms with E-state index in [-0.39, 0.29) is 5.56 Å². The minimum Gasteiger partial charge on any atom is -0.492 e. The quantitative estimate of drug-likeness (QED) is 0.507. The molecule has 0 heterocycles. The molecule has 0 unspecified atom stereocenters. The van der Waals surface area contributed by atoms with Crippen molar-refractivity contribution in [2.24, 2.45) is 0 Å². The molecule has 0 saturated heterocycles. The standard InChI is InChI=1S/C18H15BrF2O3/c1-3-24-17-9-11(8-14(19)18(17)23-2)4-7-16(22)13-10-12(20)5-6-15(13)21/h4-10H,3H2,1-2H3/b7-4+. The SMILES string of the molecule is CCOc1cc(/C=C/C(=O)c2cc(F)ccc2F)cc(Br)c1OC. The summed E-state index contributed by atoms with van der Waals surface area (Å²) in [4.78, 5) is 12.0. The molecule has 3 nitrogen and oxygen atoms in total. The van der Waals surface area contributed by atoms with E-state index in [2.05, 4.69) is 15.9 Å². The van der Waals surface area contributed by atoms with Crippen molar-refractivity contribution in [3.63, 3.8) is 0 Å². The van der Waals surface area contributed by atoms with Crippen LogP contribution in [0.1, 0.15) is 22.8 Å². The first kappa shape index (κ1) is 18.1. The van der Waals surface area contributed by atoms with E-state index >= 15 is 0 Å². The molecular formula is C18H15BrF2O3. The van der Waals surface area contributed by atoms with Crippen molar-refractivity contribution >= 4 is 27.8 Å². The molecule has 0 bridgehead atoms. The lowest BCUT2D eigenvalue weighted by atomic mass is 10.1. The fraction of sp³-hybridized carbons (Fsp3) is 0.167. The molecule has 24 heavy (non-hydrogen) atoms. The topological polar surface area (TPSA) is 35.5 Å². The highest BCUT2D eigenvalue weighted by Crippen LogP contribution is 2.36. The van der Waals surface area contributed by atoms with Gasteiger partial charge in [0.05, 0.1) is 23.8 Å². The maximum Gasteiger partial charge on any atom is 0.188 e. The van der Waals surface area contributed by atoms with E-state index < -0.39 is 17.4 Å². The van der Waals surface area contributed by atoms with Crippen LogP contribution in [0.4, 0.5) is 8.78 Å². The maximum absolute atomic E-state index is 13.6. The molecular weight excluding hydrogens is 382 g/mol. The molecule has 2 aromatic carbocycles. The fourth-order valence-electron chi connectivity index (χ4n) is 2.09. The predicted molar refractivity (Wildman–Crippen MR) is 91.6 cm³/mol. The Morgan fingerprint density at radius 3 is 2.67 bits per heavy atom. The van der Waals surface area contributed by atoms with Crippen LogP contribution in [0, 0.1) is 11.6 Å². The second kappa shape index (κ2) is 8.06. The first-order valence-corrected chi connectivity index (χ1v) is 7.93. The Balaban J connectivity index is 2.31. The summed E-state index contributed by atoms with van der Waals surface area (Å²) in [5.41, 5.74) is 0.333. The van der Waals surface area contributed by atoms with Gasteiger partial charge in [-0.3, -0.25) is 4.79 Å². The van der Waals surface area contributed by atoms with Gasteiger partial charge in [-0.2, -0.15) is 0 Å². The van der Waals surface area contributed by atoms with Crippen molar-refractivity contribution in [2.45, 2.75) is 6.92 Å². The molecule has 0 atom stereocenters. The molecule has 0 saturated carbocycles. The molecule has 2 aromatic rings. The zero-order valence-electron chi connectivity index (χ0n) is 13.1. The Morgan fingerprint density at radius 1 is 1.25 bits per heavy atom. The van der Waals surface area contributed by atoms with Gasteiger partial charge in [0, 0.05) is 0 Å². The van der Waals surface area contributed by atoms with Gasteiger partial charge in [-0.15, -0.1) is 0 Å². The van der Waals surface area contributed by atoms with Crippen molar-refractivity contribution in [3.05, 3.63) is 63.6 Å². The number of ether oxygens (including phenoxy) is 2. The van der Waals surface area contributed by atoms with Crippen molar-refractivity contribution in [1.82, 2.24) is 0 Å². The van der Waals surface area contributed by atoms with Gasteiger partial charge in [0.15, 0.2) is 17.3 Å². The minimum absolute atomic E-state index is 0.316. The highest BCUT2D eigenvalue weighted by molar-refractivity contribution is 9.10. The number of methoxy groups -OCH3 is 1. The third kappa shape index (κ3) is 4.20. The van der Waals surface area contributed by atoms with Crippen LogP contribution in [0.2, 0.25) is 0 Å². The Kier molecular flexibility index (Phi) is 6.09. The Hall–Kier alpha value is -2.21. The summed E-state index contributed by atoms with van der Waals surface area (Å²) in [5.74, 6) is -1.01. The zero-order valence-corrected chi connectivity index (χ0v) is 14.7. The second-order valence-electron chi connectivity index (χ2n) is 4.79. The van der Waals surface area contributed by atoms with E-state index in [1.54, 1.807) is 12.1 Å². The van der Waals surface area contributed by atoms with Gasteiger partial charge in [0.1, 0.15) is 11.6 Å². The van der Waals surface area contributed by atoms with E-state index in [9.17, 15) is 13.6 Å². The average molecular weight is 397 g/mol. The van der Waals surface area contributed by atoms with Crippen LogP contribution in [0.3, 0.4) is 0 Å². The van der Waals surface area contributed by atoms with Crippen molar-refractivity contribution in [3.8, 4) is 11.5 Å². The predicted octanol–water partition coefficient (Wildman–Crippen LogP) is 5.03. The summed E-state index contributed by atoms with van der Waals surface area (Å²) in [6.45, 7) is 2.29. The molecule has 2 rings (SSSR count). The first-order chi connectivity index (χ1) is 11.5. The van der Waals surface area contributed by atoms with Gasteiger partial charge < -0.3 is 9.47 Å². The monoisotopic (exact) mass is 396 g/mol. The van der Waals surface area contributed by atoms with E-state index in [1.165, 1.54) is 19.3 Å². The molecule has 0 N–H and O–H groups in total. The number of ketones is 1. The van der Waals surface area contributed by atoms with Crippen molar-refractivity contribution in [2.75, 3.05) is 13.7 Å². The van der Waals surface area contributed by atoms with Crippen molar-refractivity contribution < 1.29 is 23.0 Å². The molecule has 0 amide bonds. The minimum atomic E-state index is -0.767. The van der Waals surface area contributed by atoms with Gasteiger partial charge in [0.2, 0.25) is 0 Å². The molecule has 0 aliphatic carbocycles. The average Bonchev–Trinajstić information content (AvgIpc) is 2.55. The number of hydrogen-bond donors (Lipinski definition) is 0. The van der Waals surface area contributed by atoms with Crippen LogP contribution in [-0.4, -0.2) is 19.5 Å². The highest BCUT2D eigenvalue weighted by Gasteiger charge is 2.12. The summed E-state index contributed by atoms with van der Waals surface area (Å²) < 4.78 is 38.2. The summed E-state index contributed by atoms with van der Waals surface area (Å²) in [5, 5.41) is 0. The number of halogens is 3. The van der Waals surface area contributed by atoms with Gasteiger partial charge >= 0.3 is 0 Å². The molecule has 0 aliphatic heterocycles. The molecule has 0 aliphatic rings. The molecule has 0 aromatic heterocycles. The maximum atomic E-state index is 13.6. The van der Waals surface area contributed by atoms with Gasteiger partial charge in [-0.05, 0) is 64.8 Å². The Bertz CT molecular complexity index is 788. The van der Waals surface area contributed by atoms with E-state index in [1.807, 2.05) is 6.92 Å². The molecule has 0 spiro atoms. The molecule has 6 heteroatoms. The van der Waals surface area contributed by atoms with Crippen LogP contribution in [-0.2, 0) is 0 Å². The van der Waals surface area contributed by atoms with Gasteiger partial charge in [-0.25, -0.2) is 8.78 Å². The van der Waals surface area contributed by atoms with Crippen LogP contribution in [0.15, 0.2) is 40.9 Å². The summed E-state index contributed by atoms with van der Waals surface area (Å²) >= 11 is 3.37. The normalized spacial score (nSPS) is 10.9. The van der Waals surface area contributed by atoms with Crippen molar-refractivity contribution in [1.29, 1.82) is 0 Å². The molecule has 0 radical (unpaired) electrons. The van der Waals surface area contributed by atoms with Gasteiger partial charge in [0.25, 0.3) is 0 Å². The smallest absolute Gasteiger partial charge is 0.188 e. The number of carbonyl (C=O) groups is 1. The lowest BCUT2D eigenvalue weighted by Crippen LogP contribution is -2.00. The number of benzene rings is 2.